The summed E-state index contributed by atoms with van der Waals surface area (Å²) in [5, 5.41) is 12.1. The predicted octanol–water partition coefficient (Wildman–Crippen LogP) is 4.58. The molecular weight excluding hydrogens is 509 g/mol. The highest BCUT2D eigenvalue weighted by Gasteiger charge is 2.44. The van der Waals surface area contributed by atoms with Crippen molar-refractivity contribution in [2.45, 2.75) is 67.9 Å². The van der Waals surface area contributed by atoms with Crippen LogP contribution in [0.1, 0.15) is 52.0 Å². The fraction of sp³-hybridized carbons (Fsp3) is 0.542. The van der Waals surface area contributed by atoms with E-state index < -0.39 is 32.4 Å². The summed E-state index contributed by atoms with van der Waals surface area (Å²) in [6, 6.07) is 4.24. The predicted molar refractivity (Wildman–Crippen MR) is 135 cm³/mol. The van der Waals surface area contributed by atoms with Crippen LogP contribution in [0.2, 0.25) is 0 Å². The lowest BCUT2D eigenvalue weighted by atomic mass is 9.86. The van der Waals surface area contributed by atoms with Gasteiger partial charge in [-0.05, 0) is 69.6 Å². The summed E-state index contributed by atoms with van der Waals surface area (Å²) in [7, 11) is -2.81. The number of amides is 2. The van der Waals surface area contributed by atoms with Gasteiger partial charge in [0.15, 0.2) is 21.4 Å². The lowest BCUT2D eigenvalue weighted by Gasteiger charge is -2.36. The molecule has 1 fully saturated rings. The lowest BCUT2D eigenvalue weighted by molar-refractivity contribution is -0.139. The van der Waals surface area contributed by atoms with Gasteiger partial charge in [-0.1, -0.05) is 24.3 Å². The van der Waals surface area contributed by atoms with Crippen molar-refractivity contribution in [3.8, 4) is 5.75 Å². The minimum Gasteiger partial charge on any atom is -0.494 e. The molecule has 1 saturated carbocycles. The Morgan fingerprint density at radius 1 is 1.28 bits per heavy atom. The van der Waals surface area contributed by atoms with Crippen molar-refractivity contribution in [2.24, 2.45) is 5.92 Å². The Morgan fingerprint density at radius 3 is 2.53 bits per heavy atom. The van der Waals surface area contributed by atoms with Crippen molar-refractivity contribution in [1.29, 1.82) is 0 Å². The minimum absolute atomic E-state index is 0.0154. The summed E-state index contributed by atoms with van der Waals surface area (Å²) >= 11 is 0.713. The number of methoxy groups -OCH3 is 1. The normalized spacial score (nSPS) is 18.5. The van der Waals surface area contributed by atoms with Gasteiger partial charge in [-0.15, -0.1) is 0 Å². The van der Waals surface area contributed by atoms with Crippen LogP contribution in [0.5, 0.6) is 5.75 Å². The number of ether oxygens (including phenoxy) is 1. The molecule has 9 nitrogen and oxygen atoms in total. The van der Waals surface area contributed by atoms with Gasteiger partial charge in [0, 0.05) is 12.6 Å². The van der Waals surface area contributed by atoms with Crippen LogP contribution in [0.3, 0.4) is 0 Å². The summed E-state index contributed by atoms with van der Waals surface area (Å²) < 4.78 is 42.4. The topological polar surface area (TPSA) is 126 Å². The first-order chi connectivity index (χ1) is 16.9. The molecule has 1 aromatic carbocycles. The van der Waals surface area contributed by atoms with Gasteiger partial charge in [-0.25, -0.2) is 22.6 Å². The van der Waals surface area contributed by atoms with Gasteiger partial charge in [0.2, 0.25) is 9.84 Å². The fourth-order valence-electron chi connectivity index (χ4n) is 4.09. The van der Waals surface area contributed by atoms with Gasteiger partial charge in [0.25, 0.3) is 0 Å². The van der Waals surface area contributed by atoms with Gasteiger partial charge >= 0.3 is 12.0 Å². The zero-order chi connectivity index (χ0) is 26.7. The third kappa shape index (κ3) is 5.97. The zero-order valence-corrected chi connectivity index (χ0v) is 22.4. The molecular formula is C24H32FN3O6S2. The van der Waals surface area contributed by atoms with E-state index in [0.717, 1.165) is 45.7 Å². The number of carboxylic acid groups (broad SMARTS) is 1. The number of nitrogens with zero attached hydrogens (tertiary/aromatic N) is 2. The van der Waals surface area contributed by atoms with Gasteiger partial charge in [-0.2, -0.15) is 0 Å². The molecule has 1 aromatic heterocycles. The monoisotopic (exact) mass is 541 g/mol. The largest absolute Gasteiger partial charge is 0.494 e. The van der Waals surface area contributed by atoms with Crippen LogP contribution in [-0.4, -0.2) is 59.9 Å². The van der Waals surface area contributed by atoms with E-state index in [1.54, 1.807) is 17.0 Å². The molecule has 2 N–H and O–H groups in total. The molecule has 0 radical (unpaired) electrons. The number of thiazole rings is 1. The highest BCUT2D eigenvalue weighted by molar-refractivity contribution is 7.95. The van der Waals surface area contributed by atoms with Crippen LogP contribution in [0.15, 0.2) is 28.6 Å². The lowest BCUT2D eigenvalue weighted by Crippen LogP contribution is -2.45. The van der Waals surface area contributed by atoms with Crippen molar-refractivity contribution in [3.63, 3.8) is 0 Å². The Morgan fingerprint density at radius 2 is 1.94 bits per heavy atom. The number of carboxylic acids is 1. The number of nitrogens with one attached hydrogen (secondary N) is 1. The van der Waals surface area contributed by atoms with E-state index >= 15 is 0 Å². The molecule has 0 atom stereocenters. The second-order valence-electron chi connectivity index (χ2n) is 9.56. The first-order valence-corrected chi connectivity index (χ1v) is 14.0. The average molecular weight is 542 g/mol. The van der Waals surface area contributed by atoms with Crippen LogP contribution in [0, 0.1) is 11.7 Å². The van der Waals surface area contributed by atoms with Crippen LogP contribution in [-0.2, 0) is 21.1 Å². The van der Waals surface area contributed by atoms with Crippen LogP contribution in [0.25, 0.3) is 0 Å². The molecule has 12 heteroatoms. The van der Waals surface area contributed by atoms with Gasteiger partial charge < -0.3 is 14.7 Å². The Labute approximate surface area is 214 Å². The molecule has 2 aromatic rings. The Bertz CT molecular complexity index is 1210. The van der Waals surface area contributed by atoms with E-state index in [-0.39, 0.29) is 21.1 Å². The highest BCUT2D eigenvalue weighted by Crippen LogP contribution is 2.33. The molecule has 0 saturated heterocycles. The molecule has 3 rings (SSSR count). The SMILES string of the molecule is COc1ccc(CCN(C(=O)Nc2ncc(S(=O)(=O)C(C)(C)C(=O)O)s2)C2CCC(C)CC2)cc1F. The Balaban J connectivity index is 1.77. The first-order valence-electron chi connectivity index (χ1n) is 11.7. The molecule has 198 valence electrons. The minimum atomic E-state index is -4.21. The molecule has 0 aliphatic heterocycles. The van der Waals surface area contributed by atoms with Gasteiger partial charge in [-0.3, -0.25) is 10.1 Å². The number of sulfone groups is 1. The van der Waals surface area contributed by atoms with E-state index in [1.807, 2.05) is 0 Å². The second-order valence-corrected chi connectivity index (χ2v) is 13.3. The molecule has 1 aliphatic rings. The van der Waals surface area contributed by atoms with E-state index in [9.17, 15) is 27.5 Å². The van der Waals surface area contributed by atoms with E-state index in [2.05, 4.69) is 17.2 Å². The fourth-order valence-corrected chi connectivity index (χ4v) is 6.85. The number of benzene rings is 1. The van der Waals surface area contributed by atoms with Crippen molar-refractivity contribution in [3.05, 3.63) is 35.8 Å². The van der Waals surface area contributed by atoms with Gasteiger partial charge in [0.05, 0.1) is 13.3 Å². The molecule has 1 heterocycles. The number of aliphatic carboxylic acids is 1. The summed E-state index contributed by atoms with van der Waals surface area (Å²) in [5.41, 5.74) is 0.716. The quantitative estimate of drug-likeness (QED) is 0.476. The second kappa shape index (κ2) is 11.1. The number of rotatable bonds is 9. The van der Waals surface area contributed by atoms with Gasteiger partial charge in [0.1, 0.15) is 4.21 Å². The maximum atomic E-state index is 14.1. The van der Waals surface area contributed by atoms with E-state index in [1.165, 1.54) is 13.2 Å². The summed E-state index contributed by atoms with van der Waals surface area (Å²) in [5.74, 6) is -1.23. The Hall–Kier alpha value is -2.73. The van der Waals surface area contributed by atoms with E-state index in [4.69, 9.17) is 4.74 Å². The van der Waals surface area contributed by atoms with Crippen LogP contribution in [0.4, 0.5) is 14.3 Å². The molecule has 1 aliphatic carbocycles. The van der Waals surface area contributed by atoms with Crippen LogP contribution >= 0.6 is 11.3 Å². The Kier molecular flexibility index (Phi) is 8.60. The highest BCUT2D eigenvalue weighted by atomic mass is 32.2. The molecule has 36 heavy (non-hydrogen) atoms. The van der Waals surface area contributed by atoms with Crippen LogP contribution < -0.4 is 10.1 Å². The standard InChI is InChI=1S/C24H32FN3O6S2/c1-15-5-8-17(9-6-15)28(12-11-16-7-10-19(34-4)18(25)13-16)23(31)27-22-26-14-20(35-22)36(32,33)24(2,3)21(29)30/h7,10,13-15,17H,5-6,8-9,11-12H2,1-4H3,(H,29,30)(H,26,27,31). The number of carbonyl (C=O) groups is 2. The average Bonchev–Trinajstić information content (AvgIpc) is 3.29. The summed E-state index contributed by atoms with van der Waals surface area (Å²) in [6.07, 6.45) is 5.11. The van der Waals surface area contributed by atoms with Crippen molar-refractivity contribution in [1.82, 2.24) is 9.88 Å². The summed E-state index contributed by atoms with van der Waals surface area (Å²) in [6.45, 7) is 4.73. The number of anilines is 1. The third-order valence-electron chi connectivity index (χ3n) is 6.69. The number of halogens is 1. The number of hydrogen-bond acceptors (Lipinski definition) is 7. The zero-order valence-electron chi connectivity index (χ0n) is 20.8. The number of aromatic nitrogens is 1. The maximum absolute atomic E-state index is 14.1. The van der Waals surface area contributed by atoms with Crippen molar-refractivity contribution in [2.75, 3.05) is 19.0 Å². The number of carbonyl (C=O) groups excluding carboxylic acids is 1. The molecule has 2 amide bonds. The summed E-state index contributed by atoms with van der Waals surface area (Å²) in [4.78, 5) is 30.5. The van der Waals surface area contributed by atoms with E-state index in [0.29, 0.717) is 35.8 Å². The molecule has 0 bridgehead atoms. The molecule has 0 spiro atoms. The first kappa shape index (κ1) is 27.9. The molecule has 0 unspecified atom stereocenters. The van der Waals surface area contributed by atoms with Crippen molar-refractivity contribution >= 4 is 38.3 Å². The maximum Gasteiger partial charge on any atom is 0.324 e. The smallest absolute Gasteiger partial charge is 0.324 e. The third-order valence-corrected chi connectivity index (χ3v) is 10.5. The van der Waals surface area contributed by atoms with Crippen molar-refractivity contribution < 1.29 is 32.2 Å². The number of hydrogen-bond donors (Lipinski definition) is 2. The number of urea groups is 1.